The van der Waals surface area contributed by atoms with Crippen molar-refractivity contribution in [2.24, 2.45) is 11.3 Å². The third kappa shape index (κ3) is 4.14. The average molecular weight is 299 g/mol. The van der Waals surface area contributed by atoms with E-state index in [2.05, 4.69) is 56.6 Å². The van der Waals surface area contributed by atoms with Gasteiger partial charge in [-0.3, -0.25) is 4.90 Å². The van der Waals surface area contributed by atoms with E-state index in [9.17, 15) is 0 Å². The highest BCUT2D eigenvalue weighted by atomic mass is 32.2. The monoisotopic (exact) mass is 298 g/mol. The quantitative estimate of drug-likeness (QED) is 0.853. The topological polar surface area (TPSA) is 15.3 Å². The van der Waals surface area contributed by atoms with Gasteiger partial charge in [-0.1, -0.05) is 27.7 Å². The molecule has 2 rings (SSSR count). The zero-order valence-electron chi connectivity index (χ0n) is 14.1. The van der Waals surface area contributed by atoms with Gasteiger partial charge in [0.05, 0.1) is 0 Å². The van der Waals surface area contributed by atoms with Crippen molar-refractivity contribution in [1.82, 2.24) is 10.2 Å². The molecule has 4 unspecified atom stereocenters. The molecule has 1 N–H and O–H groups in total. The average Bonchev–Trinajstić information content (AvgIpc) is 2.38. The van der Waals surface area contributed by atoms with Crippen LogP contribution in [0.15, 0.2) is 0 Å². The predicted molar refractivity (Wildman–Crippen MR) is 91.5 cm³/mol. The lowest BCUT2D eigenvalue weighted by Gasteiger charge is -2.46. The summed E-state index contributed by atoms with van der Waals surface area (Å²) in [5.41, 5.74) is 0.538. The van der Waals surface area contributed by atoms with Crippen LogP contribution in [-0.4, -0.2) is 47.6 Å². The molecule has 1 saturated carbocycles. The molecule has 2 fully saturated rings. The maximum absolute atomic E-state index is 3.76. The Morgan fingerprint density at radius 2 is 2.05 bits per heavy atom. The van der Waals surface area contributed by atoms with Crippen LogP contribution in [0, 0.1) is 11.3 Å². The fraction of sp³-hybridized carbons (Fsp3) is 1.00. The van der Waals surface area contributed by atoms with Crippen LogP contribution in [0.3, 0.4) is 0 Å². The number of thioether (sulfide) groups is 1. The molecule has 0 aromatic rings. The molecule has 0 amide bonds. The van der Waals surface area contributed by atoms with Crippen LogP contribution < -0.4 is 5.32 Å². The molecule has 0 spiro atoms. The van der Waals surface area contributed by atoms with Gasteiger partial charge >= 0.3 is 0 Å². The molecule has 20 heavy (non-hydrogen) atoms. The lowest BCUT2D eigenvalue weighted by Crippen LogP contribution is -2.52. The second kappa shape index (κ2) is 7.02. The van der Waals surface area contributed by atoms with Gasteiger partial charge in [0.2, 0.25) is 0 Å². The van der Waals surface area contributed by atoms with Gasteiger partial charge in [-0.25, -0.2) is 0 Å². The number of nitrogens with zero attached hydrogens (tertiary/aromatic N) is 1. The minimum absolute atomic E-state index is 0.538. The Bertz CT molecular complexity index is 305. The molecule has 0 radical (unpaired) electrons. The molecular formula is C17H34N2S. The summed E-state index contributed by atoms with van der Waals surface area (Å²) in [5, 5.41) is 4.55. The van der Waals surface area contributed by atoms with Crippen LogP contribution in [0.25, 0.3) is 0 Å². The molecule has 2 nitrogen and oxygen atoms in total. The molecule has 3 heteroatoms. The van der Waals surface area contributed by atoms with Gasteiger partial charge in [0.1, 0.15) is 0 Å². The molecule has 1 heterocycles. The van der Waals surface area contributed by atoms with Crippen molar-refractivity contribution in [1.29, 1.82) is 0 Å². The largest absolute Gasteiger partial charge is 0.314 e. The minimum Gasteiger partial charge on any atom is -0.314 e. The second-order valence-corrected chi connectivity index (χ2v) is 9.13. The molecule has 0 aromatic heterocycles. The van der Waals surface area contributed by atoms with Crippen molar-refractivity contribution >= 4 is 11.8 Å². The Balaban J connectivity index is 1.99. The number of hydrogen-bond donors (Lipinski definition) is 1. The third-order valence-corrected chi connectivity index (χ3v) is 6.80. The Morgan fingerprint density at radius 1 is 1.30 bits per heavy atom. The van der Waals surface area contributed by atoms with Crippen molar-refractivity contribution in [3.05, 3.63) is 0 Å². The Hall–Kier alpha value is 0.270. The lowest BCUT2D eigenvalue weighted by atomic mass is 9.69. The summed E-state index contributed by atoms with van der Waals surface area (Å²) in [7, 11) is 0. The SMILES string of the molecule is CCNC1CCC(C)(C)CC1CN1CCSC(C)C1C. The van der Waals surface area contributed by atoms with E-state index in [4.69, 9.17) is 0 Å². The summed E-state index contributed by atoms with van der Waals surface area (Å²) in [6.45, 7) is 15.7. The lowest BCUT2D eigenvalue weighted by molar-refractivity contribution is 0.0863. The van der Waals surface area contributed by atoms with E-state index in [0.29, 0.717) is 5.41 Å². The van der Waals surface area contributed by atoms with E-state index in [0.717, 1.165) is 29.8 Å². The van der Waals surface area contributed by atoms with Gasteiger partial charge in [0.25, 0.3) is 0 Å². The summed E-state index contributed by atoms with van der Waals surface area (Å²) in [6.07, 6.45) is 4.12. The van der Waals surface area contributed by atoms with Gasteiger partial charge in [0.15, 0.2) is 0 Å². The number of nitrogens with one attached hydrogen (secondary N) is 1. The first kappa shape index (κ1) is 16.6. The van der Waals surface area contributed by atoms with E-state index in [1.807, 2.05) is 0 Å². The smallest absolute Gasteiger partial charge is 0.0184 e. The highest BCUT2D eigenvalue weighted by Crippen LogP contribution is 2.39. The highest BCUT2D eigenvalue weighted by Gasteiger charge is 2.37. The first-order valence-corrected chi connectivity index (χ1v) is 9.57. The first-order chi connectivity index (χ1) is 9.43. The zero-order valence-corrected chi connectivity index (χ0v) is 14.9. The first-order valence-electron chi connectivity index (χ1n) is 8.52. The van der Waals surface area contributed by atoms with Gasteiger partial charge in [-0.05, 0) is 44.1 Å². The molecule has 0 aromatic carbocycles. The fourth-order valence-corrected chi connectivity index (χ4v) is 5.18. The second-order valence-electron chi connectivity index (χ2n) is 7.64. The van der Waals surface area contributed by atoms with Gasteiger partial charge in [-0.15, -0.1) is 0 Å². The van der Waals surface area contributed by atoms with Crippen LogP contribution >= 0.6 is 11.8 Å². The number of rotatable bonds is 4. The van der Waals surface area contributed by atoms with Gasteiger partial charge in [0, 0.05) is 36.2 Å². The highest BCUT2D eigenvalue weighted by molar-refractivity contribution is 8.00. The standard InChI is InChI=1S/C17H34N2S/c1-6-18-16-7-8-17(4,5)11-15(16)12-19-9-10-20-14(3)13(19)2/h13-16,18H,6-12H2,1-5H3. The number of hydrogen-bond acceptors (Lipinski definition) is 3. The summed E-state index contributed by atoms with van der Waals surface area (Å²) in [6, 6.07) is 1.48. The van der Waals surface area contributed by atoms with Crippen LogP contribution in [0.5, 0.6) is 0 Å². The summed E-state index contributed by atoms with van der Waals surface area (Å²) >= 11 is 2.15. The van der Waals surface area contributed by atoms with Crippen molar-refractivity contribution in [2.75, 3.05) is 25.4 Å². The Morgan fingerprint density at radius 3 is 2.75 bits per heavy atom. The normalized spacial score (nSPS) is 38.9. The van der Waals surface area contributed by atoms with E-state index in [-0.39, 0.29) is 0 Å². The van der Waals surface area contributed by atoms with Crippen LogP contribution in [0.1, 0.15) is 53.9 Å². The summed E-state index contributed by atoms with van der Waals surface area (Å²) in [4.78, 5) is 2.76. The maximum atomic E-state index is 3.76. The van der Waals surface area contributed by atoms with Crippen LogP contribution in [-0.2, 0) is 0 Å². The summed E-state index contributed by atoms with van der Waals surface area (Å²) in [5.74, 6) is 2.14. The Labute approximate surface area is 130 Å². The zero-order chi connectivity index (χ0) is 14.8. The van der Waals surface area contributed by atoms with E-state index < -0.39 is 0 Å². The molecule has 1 saturated heterocycles. The molecule has 1 aliphatic heterocycles. The fourth-order valence-electron chi connectivity index (χ4n) is 4.01. The van der Waals surface area contributed by atoms with E-state index >= 15 is 0 Å². The molecule has 118 valence electrons. The minimum atomic E-state index is 0.538. The van der Waals surface area contributed by atoms with Crippen LogP contribution in [0.4, 0.5) is 0 Å². The van der Waals surface area contributed by atoms with Crippen LogP contribution in [0.2, 0.25) is 0 Å². The van der Waals surface area contributed by atoms with E-state index in [1.165, 1.54) is 38.1 Å². The molecule has 2 aliphatic rings. The molecule has 4 atom stereocenters. The van der Waals surface area contributed by atoms with Gasteiger partial charge in [-0.2, -0.15) is 11.8 Å². The summed E-state index contributed by atoms with van der Waals surface area (Å²) < 4.78 is 0. The Kier molecular flexibility index (Phi) is 5.84. The van der Waals surface area contributed by atoms with Crippen molar-refractivity contribution < 1.29 is 0 Å². The molecular weight excluding hydrogens is 264 g/mol. The van der Waals surface area contributed by atoms with Gasteiger partial charge < -0.3 is 5.32 Å². The van der Waals surface area contributed by atoms with Crippen molar-refractivity contribution in [2.45, 2.75) is 71.2 Å². The predicted octanol–water partition coefficient (Wildman–Crippen LogP) is 3.62. The van der Waals surface area contributed by atoms with E-state index in [1.54, 1.807) is 0 Å². The maximum Gasteiger partial charge on any atom is 0.0184 e. The third-order valence-electron chi connectivity index (χ3n) is 5.47. The molecule has 0 bridgehead atoms. The van der Waals surface area contributed by atoms with Crippen molar-refractivity contribution in [3.8, 4) is 0 Å². The van der Waals surface area contributed by atoms with Crippen molar-refractivity contribution in [3.63, 3.8) is 0 Å². The molecule has 1 aliphatic carbocycles.